The van der Waals surface area contributed by atoms with Crippen molar-refractivity contribution >= 4 is 0 Å². The maximum absolute atomic E-state index is 2.43. The van der Waals surface area contributed by atoms with Gasteiger partial charge >= 0.3 is 0 Å². The van der Waals surface area contributed by atoms with E-state index in [0.29, 0.717) is 0 Å². The van der Waals surface area contributed by atoms with Crippen LogP contribution in [0.4, 0.5) is 0 Å². The molecule has 0 aromatic heterocycles. The van der Waals surface area contributed by atoms with Crippen LogP contribution in [0.5, 0.6) is 0 Å². The second-order valence-corrected chi connectivity index (χ2v) is 5.24. The SMILES string of the molecule is CCCCC(C)CCCC(CC)CCC. The molecule has 0 aliphatic rings. The van der Waals surface area contributed by atoms with E-state index in [9.17, 15) is 0 Å². The molecule has 92 valence electrons. The molecule has 0 saturated carbocycles. The molecule has 0 aliphatic carbocycles. The Morgan fingerprint density at radius 3 is 1.93 bits per heavy atom. The molecule has 0 bridgehead atoms. The van der Waals surface area contributed by atoms with Crippen LogP contribution in [0.2, 0.25) is 0 Å². The van der Waals surface area contributed by atoms with Crippen LogP contribution in [0.15, 0.2) is 0 Å². The second-order valence-electron chi connectivity index (χ2n) is 5.24. The van der Waals surface area contributed by atoms with Gasteiger partial charge in [0.15, 0.2) is 0 Å². The van der Waals surface area contributed by atoms with Crippen LogP contribution in [0.25, 0.3) is 0 Å². The Bertz CT molecular complexity index is 117. The summed E-state index contributed by atoms with van der Waals surface area (Å²) in [4.78, 5) is 0. The van der Waals surface area contributed by atoms with E-state index in [0.717, 1.165) is 11.8 Å². The molecule has 2 unspecified atom stereocenters. The lowest BCUT2D eigenvalue weighted by Crippen LogP contribution is -2.01. The van der Waals surface area contributed by atoms with E-state index >= 15 is 0 Å². The highest BCUT2D eigenvalue weighted by atomic mass is 14.1. The highest BCUT2D eigenvalue weighted by molar-refractivity contribution is 4.59. The predicted octanol–water partition coefficient (Wildman–Crippen LogP) is 5.81. The van der Waals surface area contributed by atoms with Gasteiger partial charge in [0.1, 0.15) is 0 Å². The van der Waals surface area contributed by atoms with Crippen molar-refractivity contribution in [1.82, 2.24) is 0 Å². The summed E-state index contributed by atoms with van der Waals surface area (Å²) in [5, 5.41) is 0. The van der Waals surface area contributed by atoms with Gasteiger partial charge in [-0.05, 0) is 11.8 Å². The van der Waals surface area contributed by atoms with E-state index in [1.165, 1.54) is 57.8 Å². The molecule has 0 aromatic carbocycles. The molecule has 0 N–H and O–H groups in total. The van der Waals surface area contributed by atoms with E-state index in [1.54, 1.807) is 0 Å². The van der Waals surface area contributed by atoms with Crippen LogP contribution in [0, 0.1) is 11.8 Å². The van der Waals surface area contributed by atoms with Crippen molar-refractivity contribution in [2.45, 2.75) is 85.5 Å². The lowest BCUT2D eigenvalue weighted by atomic mass is 9.91. The van der Waals surface area contributed by atoms with Gasteiger partial charge in [-0.25, -0.2) is 0 Å². The molecule has 0 spiro atoms. The standard InChI is InChI=1S/C15H32/c1-5-8-11-14(4)12-9-13-15(7-3)10-6-2/h14-15H,5-13H2,1-4H3. The molecular weight excluding hydrogens is 180 g/mol. The molecule has 0 radical (unpaired) electrons. The molecule has 0 amide bonds. The molecule has 0 heteroatoms. The molecule has 0 heterocycles. The van der Waals surface area contributed by atoms with Crippen LogP contribution in [-0.2, 0) is 0 Å². The minimum Gasteiger partial charge on any atom is -0.0654 e. The summed E-state index contributed by atoms with van der Waals surface area (Å²) in [6.07, 6.45) is 12.8. The molecule has 2 atom stereocenters. The van der Waals surface area contributed by atoms with Gasteiger partial charge in [0, 0.05) is 0 Å². The topological polar surface area (TPSA) is 0 Å². The Morgan fingerprint density at radius 1 is 0.733 bits per heavy atom. The summed E-state index contributed by atoms with van der Waals surface area (Å²) >= 11 is 0. The Balaban J connectivity index is 3.41. The number of hydrogen-bond acceptors (Lipinski definition) is 0. The summed E-state index contributed by atoms with van der Waals surface area (Å²) in [5.74, 6) is 1.97. The first-order valence-corrected chi connectivity index (χ1v) is 7.24. The number of hydrogen-bond donors (Lipinski definition) is 0. The summed E-state index contributed by atoms with van der Waals surface area (Å²) in [6.45, 7) is 9.38. The maximum Gasteiger partial charge on any atom is -0.0417 e. The van der Waals surface area contributed by atoms with E-state index in [-0.39, 0.29) is 0 Å². The first kappa shape index (κ1) is 15.0. The van der Waals surface area contributed by atoms with E-state index in [2.05, 4.69) is 27.7 Å². The molecule has 0 fully saturated rings. The molecule has 15 heavy (non-hydrogen) atoms. The van der Waals surface area contributed by atoms with E-state index in [1.807, 2.05) is 0 Å². The second kappa shape index (κ2) is 10.5. The lowest BCUT2D eigenvalue weighted by Gasteiger charge is -2.15. The van der Waals surface area contributed by atoms with Crippen molar-refractivity contribution in [3.05, 3.63) is 0 Å². The number of unbranched alkanes of at least 4 members (excludes halogenated alkanes) is 1. The third-order valence-corrected chi connectivity index (χ3v) is 3.63. The van der Waals surface area contributed by atoms with E-state index < -0.39 is 0 Å². The average Bonchev–Trinajstić information content (AvgIpc) is 2.25. The smallest absolute Gasteiger partial charge is 0.0417 e. The van der Waals surface area contributed by atoms with Gasteiger partial charge in [0.2, 0.25) is 0 Å². The number of rotatable bonds is 10. The van der Waals surface area contributed by atoms with Gasteiger partial charge in [-0.1, -0.05) is 85.5 Å². The third-order valence-electron chi connectivity index (χ3n) is 3.63. The highest BCUT2D eigenvalue weighted by Gasteiger charge is 2.06. The molecular formula is C15H32. The Hall–Kier alpha value is 0. The summed E-state index contributed by atoms with van der Waals surface area (Å²) < 4.78 is 0. The zero-order valence-corrected chi connectivity index (χ0v) is 11.5. The first-order chi connectivity index (χ1) is 7.24. The minimum absolute atomic E-state index is 0.962. The Labute approximate surface area is 97.8 Å². The monoisotopic (exact) mass is 212 g/mol. The Kier molecular flexibility index (Phi) is 10.5. The van der Waals surface area contributed by atoms with Gasteiger partial charge in [0.05, 0.1) is 0 Å². The van der Waals surface area contributed by atoms with Crippen LogP contribution in [-0.4, -0.2) is 0 Å². The van der Waals surface area contributed by atoms with Crippen molar-refractivity contribution in [2.75, 3.05) is 0 Å². The van der Waals surface area contributed by atoms with Crippen molar-refractivity contribution in [1.29, 1.82) is 0 Å². The average molecular weight is 212 g/mol. The fourth-order valence-electron chi connectivity index (χ4n) is 2.41. The predicted molar refractivity (Wildman–Crippen MR) is 71.2 cm³/mol. The summed E-state index contributed by atoms with van der Waals surface area (Å²) in [6, 6.07) is 0. The fraction of sp³-hybridized carbons (Fsp3) is 1.00. The van der Waals surface area contributed by atoms with Gasteiger partial charge < -0.3 is 0 Å². The zero-order chi connectivity index (χ0) is 11.5. The minimum atomic E-state index is 0.962. The molecule has 0 saturated heterocycles. The quantitative estimate of drug-likeness (QED) is 0.429. The summed E-state index contributed by atoms with van der Waals surface area (Å²) in [7, 11) is 0. The van der Waals surface area contributed by atoms with Crippen LogP contribution < -0.4 is 0 Å². The highest BCUT2D eigenvalue weighted by Crippen LogP contribution is 2.21. The third kappa shape index (κ3) is 8.96. The van der Waals surface area contributed by atoms with Gasteiger partial charge in [0.25, 0.3) is 0 Å². The van der Waals surface area contributed by atoms with Crippen molar-refractivity contribution in [2.24, 2.45) is 11.8 Å². The van der Waals surface area contributed by atoms with Crippen LogP contribution in [0.1, 0.15) is 85.5 Å². The molecule has 0 aromatic rings. The molecule has 0 aliphatic heterocycles. The van der Waals surface area contributed by atoms with Gasteiger partial charge in [-0.2, -0.15) is 0 Å². The van der Waals surface area contributed by atoms with Gasteiger partial charge in [-0.3, -0.25) is 0 Å². The molecule has 0 nitrogen and oxygen atoms in total. The van der Waals surface area contributed by atoms with Gasteiger partial charge in [-0.15, -0.1) is 0 Å². The lowest BCUT2D eigenvalue weighted by molar-refractivity contribution is 0.378. The maximum atomic E-state index is 2.43. The summed E-state index contributed by atoms with van der Waals surface area (Å²) in [5.41, 5.74) is 0. The largest absolute Gasteiger partial charge is 0.0654 e. The fourth-order valence-corrected chi connectivity index (χ4v) is 2.41. The van der Waals surface area contributed by atoms with Crippen molar-refractivity contribution in [3.8, 4) is 0 Å². The Morgan fingerprint density at radius 2 is 1.40 bits per heavy atom. The van der Waals surface area contributed by atoms with E-state index in [4.69, 9.17) is 0 Å². The van der Waals surface area contributed by atoms with Crippen LogP contribution >= 0.6 is 0 Å². The first-order valence-electron chi connectivity index (χ1n) is 7.24. The normalized spacial score (nSPS) is 15.2. The zero-order valence-electron chi connectivity index (χ0n) is 11.5. The van der Waals surface area contributed by atoms with Crippen molar-refractivity contribution < 1.29 is 0 Å². The molecule has 0 rings (SSSR count). The van der Waals surface area contributed by atoms with Crippen LogP contribution in [0.3, 0.4) is 0 Å². The van der Waals surface area contributed by atoms with Crippen molar-refractivity contribution in [3.63, 3.8) is 0 Å².